The first kappa shape index (κ1) is 12.6. The summed E-state index contributed by atoms with van der Waals surface area (Å²) in [5.74, 6) is -0.460. The summed E-state index contributed by atoms with van der Waals surface area (Å²) in [4.78, 5) is 11.6. The largest absolute Gasteiger partial charge is 0.352 e. The van der Waals surface area contributed by atoms with Gasteiger partial charge in [0.15, 0.2) is 0 Å². The van der Waals surface area contributed by atoms with Crippen molar-refractivity contribution in [2.75, 3.05) is 6.54 Å². The van der Waals surface area contributed by atoms with Gasteiger partial charge in [0.05, 0.1) is 0 Å². The molecular formula is C12H17FN2O. The zero-order valence-electron chi connectivity index (χ0n) is 9.37. The Bertz CT molecular complexity index is 333. The van der Waals surface area contributed by atoms with Gasteiger partial charge in [0.25, 0.3) is 0 Å². The van der Waals surface area contributed by atoms with Crippen molar-refractivity contribution < 1.29 is 9.18 Å². The van der Waals surface area contributed by atoms with Crippen molar-refractivity contribution in [2.24, 2.45) is 11.7 Å². The van der Waals surface area contributed by atoms with Crippen LogP contribution in [0.1, 0.15) is 18.9 Å². The Balaban J connectivity index is 2.45. The Kier molecular flexibility index (Phi) is 4.92. The lowest BCUT2D eigenvalue weighted by Gasteiger charge is -2.12. The van der Waals surface area contributed by atoms with Gasteiger partial charge in [-0.05, 0) is 24.1 Å². The number of hydrogen-bond donors (Lipinski definition) is 2. The van der Waals surface area contributed by atoms with Gasteiger partial charge in [-0.1, -0.05) is 19.1 Å². The summed E-state index contributed by atoms with van der Waals surface area (Å²) in [6.07, 6.45) is 0.728. The predicted octanol–water partition coefficient (Wildman–Crippen LogP) is 1.43. The highest BCUT2D eigenvalue weighted by molar-refractivity contribution is 5.78. The van der Waals surface area contributed by atoms with Crippen molar-refractivity contribution in [3.05, 3.63) is 35.6 Å². The van der Waals surface area contributed by atoms with E-state index in [4.69, 9.17) is 5.73 Å². The number of carbonyl (C=O) groups excluding carboxylic acids is 1. The van der Waals surface area contributed by atoms with Crippen molar-refractivity contribution in [3.8, 4) is 0 Å². The highest BCUT2D eigenvalue weighted by Gasteiger charge is 2.13. The lowest BCUT2D eigenvalue weighted by molar-refractivity contribution is -0.124. The van der Waals surface area contributed by atoms with E-state index in [0.717, 1.165) is 12.0 Å². The highest BCUT2D eigenvalue weighted by atomic mass is 19.1. The normalized spacial score (nSPS) is 12.2. The molecule has 4 heteroatoms. The molecule has 88 valence electrons. The standard InChI is InChI=1S/C12H17FN2O/c1-2-10(7-14)12(16)15-8-9-3-5-11(13)6-4-9/h3-6,10H,2,7-8,14H2,1H3,(H,15,16). The molecule has 3 nitrogen and oxygen atoms in total. The molecule has 3 N–H and O–H groups in total. The first-order valence-corrected chi connectivity index (χ1v) is 5.39. The second kappa shape index (κ2) is 6.23. The molecule has 0 aliphatic heterocycles. The second-order valence-electron chi connectivity index (χ2n) is 3.69. The molecule has 1 aromatic carbocycles. The molecule has 1 atom stereocenters. The highest BCUT2D eigenvalue weighted by Crippen LogP contribution is 2.04. The second-order valence-corrected chi connectivity index (χ2v) is 3.69. The van der Waals surface area contributed by atoms with E-state index in [1.807, 2.05) is 6.92 Å². The van der Waals surface area contributed by atoms with E-state index in [2.05, 4.69) is 5.32 Å². The summed E-state index contributed by atoms with van der Waals surface area (Å²) in [5.41, 5.74) is 6.34. The predicted molar refractivity (Wildman–Crippen MR) is 61.1 cm³/mol. The number of nitrogens with two attached hydrogens (primary N) is 1. The fourth-order valence-electron chi connectivity index (χ4n) is 1.39. The van der Waals surface area contributed by atoms with Crippen molar-refractivity contribution in [1.29, 1.82) is 0 Å². The van der Waals surface area contributed by atoms with Crippen LogP contribution in [0.4, 0.5) is 4.39 Å². The number of rotatable bonds is 5. The van der Waals surface area contributed by atoms with Gasteiger partial charge < -0.3 is 11.1 Å². The Morgan fingerprint density at radius 3 is 2.56 bits per heavy atom. The number of nitrogens with one attached hydrogen (secondary N) is 1. The average molecular weight is 224 g/mol. The molecule has 1 amide bonds. The van der Waals surface area contributed by atoms with Crippen molar-refractivity contribution in [2.45, 2.75) is 19.9 Å². The Morgan fingerprint density at radius 2 is 2.06 bits per heavy atom. The van der Waals surface area contributed by atoms with Crippen molar-refractivity contribution in [3.63, 3.8) is 0 Å². The van der Waals surface area contributed by atoms with Crippen LogP contribution in [0.5, 0.6) is 0 Å². The van der Waals surface area contributed by atoms with Crippen LogP contribution in [0.2, 0.25) is 0 Å². The number of benzene rings is 1. The van der Waals surface area contributed by atoms with Gasteiger partial charge in [-0.25, -0.2) is 4.39 Å². The molecule has 0 spiro atoms. The molecule has 0 heterocycles. The van der Waals surface area contributed by atoms with E-state index in [1.54, 1.807) is 12.1 Å². The van der Waals surface area contributed by atoms with E-state index >= 15 is 0 Å². The van der Waals surface area contributed by atoms with Gasteiger partial charge in [-0.15, -0.1) is 0 Å². The number of carbonyl (C=O) groups is 1. The molecule has 0 bridgehead atoms. The molecule has 1 unspecified atom stereocenters. The topological polar surface area (TPSA) is 55.1 Å². The van der Waals surface area contributed by atoms with Gasteiger partial charge in [0.2, 0.25) is 5.91 Å². The van der Waals surface area contributed by atoms with Crippen molar-refractivity contribution in [1.82, 2.24) is 5.32 Å². The lowest BCUT2D eigenvalue weighted by Crippen LogP contribution is -2.34. The van der Waals surface area contributed by atoms with Gasteiger partial charge in [-0.3, -0.25) is 4.79 Å². The van der Waals surface area contributed by atoms with Crippen LogP contribution in [-0.4, -0.2) is 12.5 Å². The minimum absolute atomic E-state index is 0.0469. The monoisotopic (exact) mass is 224 g/mol. The zero-order valence-corrected chi connectivity index (χ0v) is 9.37. The Hall–Kier alpha value is -1.42. The van der Waals surface area contributed by atoms with Crippen LogP contribution < -0.4 is 11.1 Å². The van der Waals surface area contributed by atoms with E-state index < -0.39 is 0 Å². The minimum atomic E-state index is -0.275. The summed E-state index contributed by atoms with van der Waals surface area (Å²) in [6, 6.07) is 6.06. The fraction of sp³-hybridized carbons (Fsp3) is 0.417. The smallest absolute Gasteiger partial charge is 0.224 e. The van der Waals surface area contributed by atoms with Crippen LogP contribution >= 0.6 is 0 Å². The molecule has 1 rings (SSSR count). The molecule has 1 aromatic rings. The minimum Gasteiger partial charge on any atom is -0.352 e. The van der Waals surface area contributed by atoms with E-state index in [1.165, 1.54) is 12.1 Å². The molecule has 0 aliphatic carbocycles. The number of amides is 1. The number of halogens is 1. The summed E-state index contributed by atoms with van der Waals surface area (Å²) in [5, 5.41) is 2.78. The van der Waals surface area contributed by atoms with Gasteiger partial charge in [0.1, 0.15) is 5.82 Å². The molecule has 0 fully saturated rings. The first-order valence-electron chi connectivity index (χ1n) is 5.39. The maximum Gasteiger partial charge on any atom is 0.224 e. The third-order valence-corrected chi connectivity index (χ3v) is 2.53. The van der Waals surface area contributed by atoms with Gasteiger partial charge in [0, 0.05) is 19.0 Å². The fourth-order valence-corrected chi connectivity index (χ4v) is 1.39. The molecule has 0 aromatic heterocycles. The molecule has 0 radical (unpaired) electrons. The summed E-state index contributed by atoms with van der Waals surface area (Å²) >= 11 is 0. The maximum atomic E-state index is 12.6. The average Bonchev–Trinajstić information content (AvgIpc) is 2.30. The quantitative estimate of drug-likeness (QED) is 0.795. The van der Waals surface area contributed by atoms with Crippen LogP contribution in [-0.2, 0) is 11.3 Å². The van der Waals surface area contributed by atoms with Crippen LogP contribution in [0, 0.1) is 11.7 Å². The van der Waals surface area contributed by atoms with E-state index in [-0.39, 0.29) is 17.6 Å². The van der Waals surface area contributed by atoms with Gasteiger partial charge in [-0.2, -0.15) is 0 Å². The molecule has 0 saturated heterocycles. The first-order chi connectivity index (χ1) is 7.67. The molecular weight excluding hydrogens is 207 g/mol. The van der Waals surface area contributed by atoms with Crippen LogP contribution in [0.3, 0.4) is 0 Å². The van der Waals surface area contributed by atoms with E-state index in [9.17, 15) is 9.18 Å². The summed E-state index contributed by atoms with van der Waals surface area (Å²) in [7, 11) is 0. The molecule has 0 aliphatic rings. The molecule has 16 heavy (non-hydrogen) atoms. The van der Waals surface area contributed by atoms with E-state index in [0.29, 0.717) is 13.1 Å². The van der Waals surface area contributed by atoms with Crippen molar-refractivity contribution >= 4 is 5.91 Å². The third kappa shape index (κ3) is 3.62. The number of hydrogen-bond acceptors (Lipinski definition) is 2. The Labute approximate surface area is 94.8 Å². The van der Waals surface area contributed by atoms with Crippen LogP contribution in [0.15, 0.2) is 24.3 Å². The maximum absolute atomic E-state index is 12.6. The lowest BCUT2D eigenvalue weighted by atomic mass is 10.1. The summed E-state index contributed by atoms with van der Waals surface area (Å²) < 4.78 is 12.6. The molecule has 0 saturated carbocycles. The van der Waals surface area contributed by atoms with Crippen LogP contribution in [0.25, 0.3) is 0 Å². The zero-order chi connectivity index (χ0) is 12.0. The SMILES string of the molecule is CCC(CN)C(=O)NCc1ccc(F)cc1. The summed E-state index contributed by atoms with van der Waals surface area (Å²) in [6.45, 7) is 2.69. The third-order valence-electron chi connectivity index (χ3n) is 2.53. The van der Waals surface area contributed by atoms with Gasteiger partial charge >= 0.3 is 0 Å². The Morgan fingerprint density at radius 1 is 1.44 bits per heavy atom.